The average molecular weight is 280 g/mol. The van der Waals surface area contributed by atoms with Crippen LogP contribution in [0.2, 0.25) is 0 Å². The largest absolute Gasteiger partial charge is 0.308 e. The van der Waals surface area contributed by atoms with Gasteiger partial charge in [0.1, 0.15) is 11.5 Å². The van der Waals surface area contributed by atoms with Crippen molar-refractivity contribution in [3.63, 3.8) is 0 Å². The number of tetrazole rings is 1. The number of nitrogens with one attached hydrogen (secondary N) is 1. The van der Waals surface area contributed by atoms with Crippen LogP contribution in [0.3, 0.4) is 0 Å². The van der Waals surface area contributed by atoms with Crippen LogP contribution in [0.15, 0.2) is 18.2 Å². The molecule has 0 bridgehead atoms. The smallest absolute Gasteiger partial charge is 0.271 e. The Kier molecular flexibility index (Phi) is 3.99. The van der Waals surface area contributed by atoms with Gasteiger partial charge in [-0.25, -0.2) is 4.39 Å². The number of benzene rings is 1. The summed E-state index contributed by atoms with van der Waals surface area (Å²) in [6, 6.07) is 3.01. The number of hydrogen-bond donors (Lipinski definition) is 1. The molecule has 0 aliphatic carbocycles. The minimum absolute atomic E-state index is 0.0519. The zero-order valence-electron chi connectivity index (χ0n) is 10.9. The lowest BCUT2D eigenvalue weighted by Gasteiger charge is -2.12. The monoisotopic (exact) mass is 280 g/mol. The molecule has 0 saturated heterocycles. The van der Waals surface area contributed by atoms with Gasteiger partial charge in [0.2, 0.25) is 0 Å². The molecule has 1 N–H and O–H groups in total. The molecule has 1 unspecified atom stereocenters. The van der Waals surface area contributed by atoms with Gasteiger partial charge in [-0.05, 0) is 30.0 Å². The Hall–Kier alpha value is -2.42. The minimum Gasteiger partial charge on any atom is -0.308 e. The first kappa shape index (κ1) is 14.0. The molecule has 20 heavy (non-hydrogen) atoms. The van der Waals surface area contributed by atoms with Crippen LogP contribution in [-0.2, 0) is 0 Å². The van der Waals surface area contributed by atoms with Gasteiger partial charge in [0.15, 0.2) is 5.82 Å². The molecule has 9 heteroatoms. The third-order valence-electron chi connectivity index (χ3n) is 2.76. The highest BCUT2D eigenvalue weighted by Crippen LogP contribution is 2.22. The van der Waals surface area contributed by atoms with E-state index >= 15 is 0 Å². The van der Waals surface area contributed by atoms with Crippen molar-refractivity contribution in [2.45, 2.75) is 19.9 Å². The Bertz CT molecular complexity index is 629. The molecule has 0 spiro atoms. The third kappa shape index (κ3) is 2.62. The van der Waals surface area contributed by atoms with E-state index in [0.29, 0.717) is 12.4 Å². The van der Waals surface area contributed by atoms with Crippen LogP contribution in [0.5, 0.6) is 0 Å². The molecular formula is C11H13FN6O2. The number of aromatic nitrogens is 4. The van der Waals surface area contributed by atoms with Crippen LogP contribution in [0.25, 0.3) is 5.69 Å². The van der Waals surface area contributed by atoms with Crippen LogP contribution >= 0.6 is 0 Å². The molecule has 0 fully saturated rings. The molecule has 8 nitrogen and oxygen atoms in total. The van der Waals surface area contributed by atoms with Crippen LogP contribution in [0.1, 0.15) is 25.7 Å². The Morgan fingerprint density at radius 3 is 2.95 bits per heavy atom. The van der Waals surface area contributed by atoms with E-state index in [0.717, 1.165) is 22.9 Å². The lowest BCUT2D eigenvalue weighted by Crippen LogP contribution is -2.22. The second-order valence-corrected chi connectivity index (χ2v) is 4.12. The van der Waals surface area contributed by atoms with Crippen LogP contribution in [0, 0.1) is 15.9 Å². The van der Waals surface area contributed by atoms with Gasteiger partial charge >= 0.3 is 0 Å². The SMILES string of the molecule is CCNC(C)c1nnnn1-c1cc([N+](=O)[O-])ccc1F. The maximum Gasteiger partial charge on any atom is 0.271 e. The van der Waals surface area contributed by atoms with Crippen molar-refractivity contribution in [1.82, 2.24) is 25.5 Å². The topological polar surface area (TPSA) is 98.8 Å². The number of nitro groups is 1. The summed E-state index contributed by atoms with van der Waals surface area (Å²) in [5.74, 6) is -0.251. The van der Waals surface area contributed by atoms with Gasteiger partial charge < -0.3 is 5.32 Å². The molecule has 0 aliphatic heterocycles. The average Bonchev–Trinajstić information content (AvgIpc) is 2.88. The molecule has 1 heterocycles. The van der Waals surface area contributed by atoms with E-state index in [1.807, 2.05) is 13.8 Å². The van der Waals surface area contributed by atoms with E-state index in [4.69, 9.17) is 0 Å². The van der Waals surface area contributed by atoms with E-state index in [1.165, 1.54) is 0 Å². The van der Waals surface area contributed by atoms with Crippen molar-refractivity contribution in [3.05, 3.63) is 40.0 Å². The van der Waals surface area contributed by atoms with Crippen molar-refractivity contribution in [2.75, 3.05) is 6.54 Å². The van der Waals surface area contributed by atoms with Gasteiger partial charge in [0, 0.05) is 12.1 Å². The Labute approximate surface area is 113 Å². The Morgan fingerprint density at radius 2 is 2.30 bits per heavy atom. The number of rotatable bonds is 5. The molecule has 2 aromatic rings. The van der Waals surface area contributed by atoms with Crippen molar-refractivity contribution >= 4 is 5.69 Å². The summed E-state index contributed by atoms with van der Waals surface area (Å²) in [6.45, 7) is 4.42. The molecule has 0 aliphatic rings. The van der Waals surface area contributed by atoms with Crippen molar-refractivity contribution in [1.29, 1.82) is 0 Å². The first-order valence-electron chi connectivity index (χ1n) is 6.00. The summed E-state index contributed by atoms with van der Waals surface area (Å²) in [6.07, 6.45) is 0. The molecule has 0 saturated carbocycles. The number of nitrogens with zero attached hydrogens (tertiary/aromatic N) is 5. The zero-order chi connectivity index (χ0) is 14.7. The molecule has 2 rings (SSSR count). The lowest BCUT2D eigenvalue weighted by molar-refractivity contribution is -0.384. The fraction of sp³-hybridized carbons (Fsp3) is 0.364. The predicted octanol–water partition coefficient (Wildman–Crippen LogP) is 1.38. The van der Waals surface area contributed by atoms with Gasteiger partial charge in [-0.3, -0.25) is 10.1 Å². The number of nitro benzene ring substituents is 1. The lowest BCUT2D eigenvalue weighted by atomic mass is 10.2. The van der Waals surface area contributed by atoms with E-state index < -0.39 is 10.7 Å². The molecule has 1 atom stereocenters. The fourth-order valence-electron chi connectivity index (χ4n) is 1.81. The van der Waals surface area contributed by atoms with Crippen molar-refractivity contribution in [2.24, 2.45) is 0 Å². The summed E-state index contributed by atoms with van der Waals surface area (Å²) in [5, 5.41) is 24.9. The predicted molar refractivity (Wildman–Crippen MR) is 67.9 cm³/mol. The molecule has 0 radical (unpaired) electrons. The van der Waals surface area contributed by atoms with Gasteiger partial charge in [-0.15, -0.1) is 5.10 Å². The summed E-state index contributed by atoms with van der Waals surface area (Å²) in [7, 11) is 0. The summed E-state index contributed by atoms with van der Waals surface area (Å²) >= 11 is 0. The minimum atomic E-state index is -0.632. The molecule has 1 aromatic heterocycles. The fourth-order valence-corrected chi connectivity index (χ4v) is 1.81. The summed E-state index contributed by atoms with van der Waals surface area (Å²) in [5.41, 5.74) is -0.275. The number of hydrogen-bond acceptors (Lipinski definition) is 6. The quantitative estimate of drug-likeness (QED) is 0.656. The Balaban J connectivity index is 2.49. The standard InChI is InChI=1S/C11H13FN6O2/c1-3-13-7(2)11-14-15-16-17(11)10-6-8(18(19)20)4-5-9(10)12/h4-7,13H,3H2,1-2H3. The van der Waals surface area contributed by atoms with E-state index in [-0.39, 0.29) is 17.4 Å². The van der Waals surface area contributed by atoms with E-state index in [2.05, 4.69) is 20.8 Å². The molecule has 106 valence electrons. The van der Waals surface area contributed by atoms with Crippen molar-refractivity contribution in [3.8, 4) is 5.69 Å². The van der Waals surface area contributed by atoms with Crippen molar-refractivity contribution < 1.29 is 9.31 Å². The Morgan fingerprint density at radius 1 is 1.55 bits per heavy atom. The maximum absolute atomic E-state index is 13.9. The van der Waals surface area contributed by atoms with Gasteiger partial charge in [-0.1, -0.05) is 6.92 Å². The third-order valence-corrected chi connectivity index (χ3v) is 2.76. The van der Waals surface area contributed by atoms with E-state index in [9.17, 15) is 14.5 Å². The molecule has 1 aromatic carbocycles. The summed E-state index contributed by atoms with van der Waals surface area (Å²) < 4.78 is 15.0. The van der Waals surface area contributed by atoms with Crippen LogP contribution < -0.4 is 5.32 Å². The normalized spacial score (nSPS) is 12.3. The highest BCUT2D eigenvalue weighted by atomic mass is 19.1. The second-order valence-electron chi connectivity index (χ2n) is 4.12. The maximum atomic E-state index is 13.9. The molecule has 0 amide bonds. The van der Waals surface area contributed by atoms with Gasteiger partial charge in [0.05, 0.1) is 11.0 Å². The highest BCUT2D eigenvalue weighted by molar-refractivity contribution is 5.44. The van der Waals surface area contributed by atoms with Crippen LogP contribution in [-0.4, -0.2) is 31.7 Å². The second kappa shape index (κ2) is 5.70. The number of non-ortho nitro benzene ring substituents is 1. The number of halogens is 1. The first-order chi connectivity index (χ1) is 9.54. The van der Waals surface area contributed by atoms with Gasteiger partial charge in [-0.2, -0.15) is 4.68 Å². The molecular weight excluding hydrogens is 267 g/mol. The van der Waals surface area contributed by atoms with Crippen LogP contribution in [0.4, 0.5) is 10.1 Å². The first-order valence-corrected chi connectivity index (χ1v) is 6.00. The van der Waals surface area contributed by atoms with E-state index in [1.54, 1.807) is 0 Å². The zero-order valence-corrected chi connectivity index (χ0v) is 10.9. The van der Waals surface area contributed by atoms with Gasteiger partial charge in [0.25, 0.3) is 5.69 Å². The highest BCUT2D eigenvalue weighted by Gasteiger charge is 2.19. The summed E-state index contributed by atoms with van der Waals surface area (Å²) in [4.78, 5) is 10.2.